The Morgan fingerprint density at radius 3 is 2.35 bits per heavy atom. The molecule has 34 heavy (non-hydrogen) atoms. The van der Waals surface area contributed by atoms with E-state index >= 15 is 0 Å². The van der Waals surface area contributed by atoms with Gasteiger partial charge in [0.15, 0.2) is 5.75 Å². The van der Waals surface area contributed by atoms with Gasteiger partial charge in [0.1, 0.15) is 16.5 Å². The second-order valence-electron chi connectivity index (χ2n) is 7.27. The van der Waals surface area contributed by atoms with Gasteiger partial charge in [-0.05, 0) is 41.5 Å². The van der Waals surface area contributed by atoms with Gasteiger partial charge in [-0.3, -0.25) is 9.52 Å². The van der Waals surface area contributed by atoms with Crippen molar-refractivity contribution < 1.29 is 40.3 Å². The lowest BCUT2D eigenvalue weighted by molar-refractivity contribution is -0.137. The van der Waals surface area contributed by atoms with E-state index < -0.39 is 72.8 Å². The summed E-state index contributed by atoms with van der Waals surface area (Å²) >= 11 is 5.86. The van der Waals surface area contributed by atoms with E-state index in [9.17, 15) is 40.3 Å². The molecular weight excluding hydrogens is 507 g/mol. The van der Waals surface area contributed by atoms with E-state index in [2.05, 4.69) is 5.32 Å². The first-order valence-corrected chi connectivity index (χ1v) is 11.2. The molecule has 1 amide bonds. The summed E-state index contributed by atoms with van der Waals surface area (Å²) in [5, 5.41) is 12.0. The quantitative estimate of drug-likeness (QED) is 0.363. The first kappa shape index (κ1) is 23.8. The van der Waals surface area contributed by atoms with Crippen LogP contribution in [0.2, 0.25) is 5.02 Å². The van der Waals surface area contributed by atoms with E-state index in [4.69, 9.17) is 11.6 Å². The predicted octanol–water partition coefficient (Wildman–Crippen LogP) is 5.05. The highest BCUT2D eigenvalue weighted by molar-refractivity contribution is 7.92. The second kappa shape index (κ2) is 8.13. The molecule has 0 radical (unpaired) electrons. The molecule has 1 aliphatic heterocycles. The van der Waals surface area contributed by atoms with Crippen LogP contribution in [0.4, 0.5) is 27.6 Å². The molecule has 1 heterocycles. The number of carbonyl (C=O) groups is 1. The SMILES string of the molecule is O=C1NCc2ccc(C(F)(F)F)cc2-c2cc(c(F)cc2F)NS(=O)(=O)c2cc1cc(Cl)c2O. The number of alkyl halides is 3. The maximum atomic E-state index is 14.7. The molecule has 0 saturated heterocycles. The maximum absolute atomic E-state index is 14.7. The molecule has 3 aromatic rings. The highest BCUT2D eigenvalue weighted by atomic mass is 35.5. The van der Waals surface area contributed by atoms with Crippen molar-refractivity contribution in [1.82, 2.24) is 5.32 Å². The number of rotatable bonds is 0. The third-order valence-corrected chi connectivity index (χ3v) is 6.71. The van der Waals surface area contributed by atoms with Crippen molar-refractivity contribution in [2.45, 2.75) is 17.6 Å². The van der Waals surface area contributed by atoms with Crippen molar-refractivity contribution in [2.24, 2.45) is 0 Å². The van der Waals surface area contributed by atoms with Crippen LogP contribution in [0, 0.1) is 11.6 Å². The molecule has 0 atom stereocenters. The first-order chi connectivity index (χ1) is 15.8. The minimum Gasteiger partial charge on any atom is -0.505 e. The summed E-state index contributed by atoms with van der Waals surface area (Å²) in [5.41, 5.74) is -3.13. The van der Waals surface area contributed by atoms with E-state index in [1.54, 1.807) is 0 Å². The normalized spacial score (nSPS) is 15.2. The lowest BCUT2D eigenvalue weighted by Crippen LogP contribution is -2.24. The minimum atomic E-state index is -4.80. The van der Waals surface area contributed by atoms with Crippen LogP contribution < -0.4 is 10.0 Å². The van der Waals surface area contributed by atoms with Crippen molar-refractivity contribution in [2.75, 3.05) is 4.72 Å². The van der Waals surface area contributed by atoms with Gasteiger partial charge < -0.3 is 10.4 Å². The number of hydrogen-bond acceptors (Lipinski definition) is 4. The summed E-state index contributed by atoms with van der Waals surface area (Å²) < 4.78 is 96.6. The van der Waals surface area contributed by atoms with Crippen molar-refractivity contribution >= 4 is 33.2 Å². The minimum absolute atomic E-state index is 0.0324. The number of carbonyl (C=O) groups excluding carboxylic acids is 1. The van der Waals surface area contributed by atoms with Crippen LogP contribution in [-0.2, 0) is 22.7 Å². The first-order valence-electron chi connectivity index (χ1n) is 9.31. The Bertz CT molecular complexity index is 1460. The van der Waals surface area contributed by atoms with Gasteiger partial charge in [-0.15, -0.1) is 0 Å². The third kappa shape index (κ3) is 4.26. The zero-order valence-electron chi connectivity index (χ0n) is 16.6. The summed E-state index contributed by atoms with van der Waals surface area (Å²) in [4.78, 5) is 11.7. The number of nitrogens with one attached hydrogen (secondary N) is 2. The smallest absolute Gasteiger partial charge is 0.416 e. The maximum Gasteiger partial charge on any atom is 0.416 e. The summed E-state index contributed by atoms with van der Waals surface area (Å²) in [5.74, 6) is -4.46. The van der Waals surface area contributed by atoms with Gasteiger partial charge in [0, 0.05) is 23.7 Å². The second-order valence-corrected chi connectivity index (χ2v) is 9.33. The van der Waals surface area contributed by atoms with Crippen LogP contribution in [0.25, 0.3) is 11.1 Å². The molecule has 3 N–H and O–H groups in total. The van der Waals surface area contributed by atoms with E-state index in [0.29, 0.717) is 18.2 Å². The zero-order chi connectivity index (χ0) is 25.0. The molecule has 0 unspecified atom stereocenters. The van der Waals surface area contributed by atoms with Crippen molar-refractivity contribution in [3.05, 3.63) is 75.8 Å². The average molecular weight is 519 g/mol. The topological polar surface area (TPSA) is 95.5 Å². The zero-order valence-corrected chi connectivity index (χ0v) is 18.2. The molecule has 6 nitrogen and oxygen atoms in total. The van der Waals surface area contributed by atoms with Gasteiger partial charge in [-0.1, -0.05) is 17.7 Å². The summed E-state index contributed by atoms with van der Waals surface area (Å²) in [6, 6.07) is 5.09. The summed E-state index contributed by atoms with van der Waals surface area (Å²) in [6.45, 7) is -0.396. The van der Waals surface area contributed by atoms with Crippen LogP contribution >= 0.6 is 11.6 Å². The van der Waals surface area contributed by atoms with Gasteiger partial charge in [0.25, 0.3) is 15.9 Å². The molecule has 0 aliphatic carbocycles. The van der Waals surface area contributed by atoms with Crippen LogP contribution in [0.15, 0.2) is 47.4 Å². The number of benzene rings is 3. The van der Waals surface area contributed by atoms with Crippen LogP contribution in [0.3, 0.4) is 0 Å². The molecule has 13 heteroatoms. The number of hydrogen-bond donors (Lipinski definition) is 3. The van der Waals surface area contributed by atoms with E-state index in [1.807, 2.05) is 4.72 Å². The van der Waals surface area contributed by atoms with Crippen molar-refractivity contribution in [3.8, 4) is 16.9 Å². The fraction of sp³-hybridized carbons (Fsp3) is 0.0952. The molecule has 0 aromatic heterocycles. The van der Waals surface area contributed by atoms with Crippen molar-refractivity contribution in [3.63, 3.8) is 0 Å². The molecule has 0 fully saturated rings. The van der Waals surface area contributed by atoms with E-state index in [0.717, 1.165) is 24.3 Å². The number of halogens is 6. The highest BCUT2D eigenvalue weighted by Gasteiger charge is 2.32. The molecule has 0 saturated carbocycles. The molecule has 1 aliphatic rings. The lowest BCUT2D eigenvalue weighted by Gasteiger charge is -2.16. The van der Waals surface area contributed by atoms with Gasteiger partial charge in [0.05, 0.1) is 16.3 Å². The van der Waals surface area contributed by atoms with E-state index in [1.165, 1.54) is 0 Å². The standard InChI is InChI=1S/C21H12ClF5N2O4S/c22-14-3-10-4-18(19(14)30)34(32,33)29-17-6-13(15(23)7-16(17)24)12-5-11(21(25,26)27)2-1-9(12)8-28-20(10)31/h1-7,29-30H,8H2,(H,28,31). The molecule has 3 aromatic carbocycles. The van der Waals surface area contributed by atoms with Gasteiger partial charge in [-0.25, -0.2) is 17.2 Å². The highest BCUT2D eigenvalue weighted by Crippen LogP contribution is 2.38. The van der Waals surface area contributed by atoms with Crippen molar-refractivity contribution in [1.29, 1.82) is 0 Å². The Morgan fingerprint density at radius 1 is 0.971 bits per heavy atom. The summed E-state index contributed by atoms with van der Waals surface area (Å²) in [7, 11) is -4.79. The average Bonchev–Trinajstić information content (AvgIpc) is 2.74. The predicted molar refractivity (Wildman–Crippen MR) is 112 cm³/mol. The summed E-state index contributed by atoms with van der Waals surface area (Å²) in [6.07, 6.45) is -4.80. The number of anilines is 1. The number of aromatic hydroxyl groups is 1. The Kier molecular flexibility index (Phi) is 5.68. The van der Waals surface area contributed by atoms with Crippen LogP contribution in [0.1, 0.15) is 21.5 Å². The Balaban J connectivity index is 2.02. The molecule has 0 spiro atoms. The van der Waals surface area contributed by atoms with Crippen LogP contribution in [0.5, 0.6) is 5.75 Å². The van der Waals surface area contributed by atoms with Crippen LogP contribution in [-0.4, -0.2) is 19.4 Å². The number of phenols is 1. The van der Waals surface area contributed by atoms with Gasteiger partial charge in [-0.2, -0.15) is 13.2 Å². The Labute approximate surface area is 194 Å². The van der Waals surface area contributed by atoms with Gasteiger partial charge >= 0.3 is 6.18 Å². The van der Waals surface area contributed by atoms with E-state index in [-0.39, 0.29) is 16.7 Å². The molecule has 178 valence electrons. The number of phenolic OH excluding ortho intramolecular Hbond substituents is 1. The number of sulfonamides is 1. The monoisotopic (exact) mass is 518 g/mol. The molecule has 4 rings (SSSR count). The number of fused-ring (bicyclic) bond motifs is 6. The number of amides is 1. The Morgan fingerprint density at radius 2 is 1.68 bits per heavy atom. The lowest BCUT2D eigenvalue weighted by atomic mass is 9.95. The molecule has 4 bridgehead atoms. The third-order valence-electron chi connectivity index (χ3n) is 5.05. The Hall–Kier alpha value is -3.38. The molecular formula is C21H12ClF5N2O4S. The fourth-order valence-electron chi connectivity index (χ4n) is 3.38. The largest absolute Gasteiger partial charge is 0.505 e. The van der Waals surface area contributed by atoms with Gasteiger partial charge in [0.2, 0.25) is 0 Å². The fourth-order valence-corrected chi connectivity index (χ4v) is 4.86.